The highest BCUT2D eigenvalue weighted by Gasteiger charge is 2.33. The van der Waals surface area contributed by atoms with Crippen molar-refractivity contribution >= 4 is 11.6 Å². The Labute approximate surface area is 203 Å². The van der Waals surface area contributed by atoms with Gasteiger partial charge in [0.15, 0.2) is 0 Å². The van der Waals surface area contributed by atoms with Crippen molar-refractivity contribution in [2.24, 2.45) is 0 Å². The van der Waals surface area contributed by atoms with Gasteiger partial charge in [0.1, 0.15) is 11.5 Å². The minimum absolute atomic E-state index is 0.0276. The summed E-state index contributed by atoms with van der Waals surface area (Å²) in [6, 6.07) is 14.0. The molecule has 0 aliphatic rings. The van der Waals surface area contributed by atoms with Crippen molar-refractivity contribution in [3.05, 3.63) is 111 Å². The lowest BCUT2D eigenvalue weighted by molar-refractivity contribution is -0.137. The van der Waals surface area contributed by atoms with Gasteiger partial charge >= 0.3 is 6.18 Å². The Morgan fingerprint density at radius 3 is 2.46 bits per heavy atom. The van der Waals surface area contributed by atoms with Crippen molar-refractivity contribution < 1.29 is 22.6 Å². The molecular weight excluding hydrogens is 483 g/mol. The first-order valence-corrected chi connectivity index (χ1v) is 10.9. The number of halogens is 4. The third-order valence-corrected chi connectivity index (χ3v) is 5.33. The van der Waals surface area contributed by atoms with Gasteiger partial charge in [0.05, 0.1) is 17.2 Å². The van der Waals surface area contributed by atoms with Gasteiger partial charge in [-0.15, -0.1) is 0 Å². The van der Waals surface area contributed by atoms with Crippen molar-refractivity contribution in [3.8, 4) is 17.5 Å². The van der Waals surface area contributed by atoms with Crippen LogP contribution in [0.25, 0.3) is 0 Å². The van der Waals surface area contributed by atoms with Gasteiger partial charge in [-0.25, -0.2) is 0 Å². The highest BCUT2D eigenvalue weighted by Crippen LogP contribution is 2.37. The third kappa shape index (κ3) is 6.60. The molecule has 35 heavy (non-hydrogen) atoms. The SMILES string of the molecule is O=c1nc(OCCc2ccc(Oc3ccc(Cl)c(C(F)(F)F)c3)cc2)[nH]cc1Cc1cccnc1. The normalized spacial score (nSPS) is 11.3. The second kappa shape index (κ2) is 10.6. The van der Waals surface area contributed by atoms with E-state index in [9.17, 15) is 18.0 Å². The maximum atomic E-state index is 13.0. The zero-order valence-electron chi connectivity index (χ0n) is 18.2. The van der Waals surface area contributed by atoms with E-state index in [4.69, 9.17) is 21.1 Å². The molecular formula is C25H19ClF3N3O3. The first-order chi connectivity index (χ1) is 16.8. The Bertz CT molecular complexity index is 1340. The number of nitrogens with one attached hydrogen (secondary N) is 1. The molecule has 0 bridgehead atoms. The summed E-state index contributed by atoms with van der Waals surface area (Å²) in [6.45, 7) is 0.261. The van der Waals surface area contributed by atoms with Gasteiger partial charge in [-0.2, -0.15) is 18.2 Å². The number of H-pyrrole nitrogens is 1. The fraction of sp³-hybridized carbons (Fsp3) is 0.160. The van der Waals surface area contributed by atoms with Crippen LogP contribution in [0.1, 0.15) is 22.3 Å². The Hall–Kier alpha value is -3.85. The fourth-order valence-corrected chi connectivity index (χ4v) is 3.47. The molecule has 4 rings (SSSR count). The number of aromatic amines is 1. The second-order valence-corrected chi connectivity index (χ2v) is 7.97. The fourth-order valence-electron chi connectivity index (χ4n) is 3.24. The molecule has 10 heteroatoms. The molecule has 0 unspecified atom stereocenters. The zero-order chi connectivity index (χ0) is 24.8. The molecule has 6 nitrogen and oxygen atoms in total. The number of nitrogens with zero attached hydrogens (tertiary/aromatic N) is 2. The van der Waals surface area contributed by atoms with Gasteiger partial charge in [-0.3, -0.25) is 9.78 Å². The van der Waals surface area contributed by atoms with E-state index in [1.165, 1.54) is 6.07 Å². The molecule has 0 fully saturated rings. The van der Waals surface area contributed by atoms with E-state index in [1.807, 2.05) is 6.07 Å². The summed E-state index contributed by atoms with van der Waals surface area (Å²) in [5.41, 5.74) is 0.976. The van der Waals surface area contributed by atoms with E-state index >= 15 is 0 Å². The van der Waals surface area contributed by atoms with Crippen LogP contribution in [-0.2, 0) is 19.0 Å². The molecule has 0 radical (unpaired) electrons. The quantitative estimate of drug-likeness (QED) is 0.328. The Kier molecular flexibility index (Phi) is 7.36. The van der Waals surface area contributed by atoms with Gasteiger partial charge in [-0.1, -0.05) is 29.8 Å². The van der Waals surface area contributed by atoms with Crippen LogP contribution in [-0.4, -0.2) is 21.6 Å². The van der Waals surface area contributed by atoms with Crippen LogP contribution in [0, 0.1) is 0 Å². The van der Waals surface area contributed by atoms with Crippen LogP contribution in [0.15, 0.2) is 78.0 Å². The monoisotopic (exact) mass is 501 g/mol. The van der Waals surface area contributed by atoms with Crippen LogP contribution in [0.5, 0.6) is 17.5 Å². The minimum atomic E-state index is -4.57. The molecule has 2 aromatic heterocycles. The van der Waals surface area contributed by atoms with E-state index in [-0.39, 0.29) is 28.9 Å². The van der Waals surface area contributed by atoms with Gasteiger partial charge in [0.25, 0.3) is 11.6 Å². The molecule has 2 aromatic carbocycles. The van der Waals surface area contributed by atoms with Crippen LogP contribution in [0.2, 0.25) is 5.02 Å². The van der Waals surface area contributed by atoms with Gasteiger partial charge in [-0.05, 0) is 47.5 Å². The summed E-state index contributed by atoms with van der Waals surface area (Å²) >= 11 is 5.63. The Morgan fingerprint density at radius 2 is 1.77 bits per heavy atom. The Morgan fingerprint density at radius 1 is 1.00 bits per heavy atom. The summed E-state index contributed by atoms with van der Waals surface area (Å²) < 4.78 is 50.1. The number of benzene rings is 2. The number of aromatic nitrogens is 3. The maximum Gasteiger partial charge on any atom is 0.417 e. The molecule has 2 heterocycles. The standard InChI is InChI=1S/C25H19ClF3N3O3/c26-22-8-7-20(13-21(22)25(27,28)29)35-19-5-3-16(4-6-19)9-11-34-24-31-15-18(23(33)32-24)12-17-2-1-10-30-14-17/h1-8,10,13-15H,9,11-12H2,(H,31,32,33). The molecule has 1 N–H and O–H groups in total. The molecule has 0 atom stereocenters. The molecule has 180 valence electrons. The molecule has 0 aliphatic heterocycles. The first kappa shape index (κ1) is 24.3. The lowest BCUT2D eigenvalue weighted by Gasteiger charge is -2.12. The summed E-state index contributed by atoms with van der Waals surface area (Å²) in [5, 5.41) is -0.390. The van der Waals surface area contributed by atoms with E-state index in [2.05, 4.69) is 15.0 Å². The van der Waals surface area contributed by atoms with Gasteiger partial charge in [0.2, 0.25) is 0 Å². The van der Waals surface area contributed by atoms with Crippen molar-refractivity contribution in [2.75, 3.05) is 6.61 Å². The molecule has 0 saturated carbocycles. The predicted molar refractivity (Wildman–Crippen MR) is 124 cm³/mol. The largest absolute Gasteiger partial charge is 0.464 e. The second-order valence-electron chi connectivity index (χ2n) is 7.56. The first-order valence-electron chi connectivity index (χ1n) is 10.5. The minimum Gasteiger partial charge on any atom is -0.464 e. The number of pyridine rings is 1. The number of hydrogen-bond donors (Lipinski definition) is 1. The highest BCUT2D eigenvalue weighted by atomic mass is 35.5. The maximum absolute atomic E-state index is 13.0. The lowest BCUT2D eigenvalue weighted by atomic mass is 10.1. The van der Waals surface area contributed by atoms with Crippen molar-refractivity contribution in [3.63, 3.8) is 0 Å². The van der Waals surface area contributed by atoms with Gasteiger partial charge < -0.3 is 14.5 Å². The number of ether oxygens (including phenoxy) is 2. The van der Waals surface area contributed by atoms with E-state index in [0.717, 1.165) is 23.3 Å². The average molecular weight is 502 g/mol. The van der Waals surface area contributed by atoms with Gasteiger partial charge in [0, 0.05) is 37.0 Å². The van der Waals surface area contributed by atoms with Crippen LogP contribution in [0.3, 0.4) is 0 Å². The molecule has 0 aliphatic carbocycles. The van der Waals surface area contributed by atoms with E-state index < -0.39 is 11.7 Å². The zero-order valence-corrected chi connectivity index (χ0v) is 18.9. The van der Waals surface area contributed by atoms with Crippen molar-refractivity contribution in [1.82, 2.24) is 15.0 Å². The number of rotatable bonds is 8. The lowest BCUT2D eigenvalue weighted by Crippen LogP contribution is -2.16. The molecule has 4 aromatic rings. The number of hydrogen-bond acceptors (Lipinski definition) is 5. The van der Waals surface area contributed by atoms with E-state index in [1.54, 1.807) is 48.9 Å². The van der Waals surface area contributed by atoms with Crippen molar-refractivity contribution in [2.45, 2.75) is 19.0 Å². The van der Waals surface area contributed by atoms with Crippen LogP contribution < -0.4 is 15.0 Å². The summed E-state index contributed by atoms with van der Waals surface area (Å²) in [4.78, 5) is 23.1. The summed E-state index contributed by atoms with van der Waals surface area (Å²) in [6.07, 6.45) is 1.29. The molecule has 0 saturated heterocycles. The molecule has 0 spiro atoms. The van der Waals surface area contributed by atoms with Crippen LogP contribution >= 0.6 is 11.6 Å². The van der Waals surface area contributed by atoms with Crippen LogP contribution in [0.4, 0.5) is 13.2 Å². The summed E-state index contributed by atoms with van der Waals surface area (Å²) in [5.74, 6) is 0.403. The Balaban J connectivity index is 1.30. The van der Waals surface area contributed by atoms with Crippen molar-refractivity contribution in [1.29, 1.82) is 0 Å². The van der Waals surface area contributed by atoms with E-state index in [0.29, 0.717) is 24.2 Å². The molecule has 0 amide bonds. The predicted octanol–water partition coefficient (Wildman–Crippen LogP) is 5.84. The topological polar surface area (TPSA) is 77.1 Å². The smallest absolute Gasteiger partial charge is 0.417 e. The third-order valence-electron chi connectivity index (χ3n) is 5.00. The average Bonchev–Trinajstić information content (AvgIpc) is 2.83. The highest BCUT2D eigenvalue weighted by molar-refractivity contribution is 6.31. The number of alkyl halides is 3. The summed E-state index contributed by atoms with van der Waals surface area (Å²) in [7, 11) is 0.